The summed E-state index contributed by atoms with van der Waals surface area (Å²) >= 11 is 5.95. The van der Waals surface area contributed by atoms with Crippen LogP contribution < -0.4 is 10.6 Å². The number of rotatable bonds is 6. The largest absolute Gasteiger partial charge is 0.388 e. The molecule has 2 rings (SSSR count). The zero-order valence-electron chi connectivity index (χ0n) is 12.1. The average molecular weight is 313 g/mol. The highest BCUT2D eigenvalue weighted by Gasteiger charge is 2.34. The number of carbonyl (C=O) groups is 1. The number of nitrogens with one attached hydrogen (secondary N) is 2. The van der Waals surface area contributed by atoms with Crippen molar-refractivity contribution in [3.8, 4) is 0 Å². The van der Waals surface area contributed by atoms with Crippen LogP contribution in [0.3, 0.4) is 0 Å². The summed E-state index contributed by atoms with van der Waals surface area (Å²) in [6, 6.07) is 7.04. The van der Waals surface area contributed by atoms with E-state index >= 15 is 0 Å². The Morgan fingerprint density at radius 1 is 1.48 bits per heavy atom. The number of halogens is 1. The highest BCUT2D eigenvalue weighted by atomic mass is 35.5. The first-order chi connectivity index (χ1) is 10.0. The van der Waals surface area contributed by atoms with Crippen molar-refractivity contribution in [1.82, 2.24) is 10.6 Å². The van der Waals surface area contributed by atoms with Crippen LogP contribution in [-0.2, 0) is 4.74 Å². The van der Waals surface area contributed by atoms with E-state index in [1.807, 2.05) is 18.2 Å². The molecule has 2 amide bonds. The second kappa shape index (κ2) is 7.11. The molecule has 0 saturated heterocycles. The summed E-state index contributed by atoms with van der Waals surface area (Å²) in [7, 11) is 1.59. The molecule has 21 heavy (non-hydrogen) atoms. The summed E-state index contributed by atoms with van der Waals surface area (Å²) in [4.78, 5) is 11.7. The number of urea groups is 1. The van der Waals surface area contributed by atoms with Crippen LogP contribution in [0.2, 0.25) is 5.02 Å². The lowest BCUT2D eigenvalue weighted by molar-refractivity contribution is -0.0290. The molecule has 0 radical (unpaired) electrons. The molecule has 1 fully saturated rings. The highest BCUT2D eigenvalue weighted by molar-refractivity contribution is 6.30. The lowest BCUT2D eigenvalue weighted by Gasteiger charge is -2.36. The fourth-order valence-electron chi connectivity index (χ4n) is 2.30. The van der Waals surface area contributed by atoms with Gasteiger partial charge in [-0.15, -0.1) is 0 Å². The minimum absolute atomic E-state index is 0.263. The van der Waals surface area contributed by atoms with Crippen molar-refractivity contribution in [2.75, 3.05) is 20.2 Å². The molecule has 0 spiro atoms. The summed E-state index contributed by atoms with van der Waals surface area (Å²) in [5, 5.41) is 16.0. The van der Waals surface area contributed by atoms with Crippen LogP contribution in [0.5, 0.6) is 0 Å². The van der Waals surface area contributed by atoms with Crippen LogP contribution >= 0.6 is 11.6 Å². The minimum Gasteiger partial charge on any atom is -0.388 e. The van der Waals surface area contributed by atoms with Crippen LogP contribution in [0.25, 0.3) is 0 Å². The summed E-state index contributed by atoms with van der Waals surface area (Å²) in [5.41, 5.74) is 0.188. The van der Waals surface area contributed by atoms with E-state index < -0.39 is 5.60 Å². The molecule has 5 nitrogen and oxygen atoms in total. The van der Waals surface area contributed by atoms with Crippen molar-refractivity contribution in [2.24, 2.45) is 0 Å². The van der Waals surface area contributed by atoms with Crippen molar-refractivity contribution in [1.29, 1.82) is 0 Å². The Bertz CT molecular complexity index is 492. The molecule has 1 aliphatic rings. The molecule has 0 unspecified atom stereocenters. The molecule has 0 bridgehead atoms. The first-order valence-corrected chi connectivity index (χ1v) is 7.42. The van der Waals surface area contributed by atoms with Crippen molar-refractivity contribution >= 4 is 17.6 Å². The molecule has 0 heterocycles. The fraction of sp³-hybridized carbons (Fsp3) is 0.533. The standard InChI is InChI=1S/C15H21ClN2O3/c1-21-13(11-4-2-5-12(16)8-11)9-17-14(19)18-10-15(20)6-3-7-15/h2,4-5,8,13,20H,3,6-7,9-10H2,1H3,(H2,17,18,19)/t13-/m1/s1. The molecule has 1 atom stereocenters. The van der Waals surface area contributed by atoms with Gasteiger partial charge in [-0.05, 0) is 37.0 Å². The van der Waals surface area contributed by atoms with E-state index in [-0.39, 0.29) is 18.7 Å². The molecule has 116 valence electrons. The third-order valence-electron chi connectivity index (χ3n) is 3.82. The maximum Gasteiger partial charge on any atom is 0.314 e. The number of hydrogen-bond acceptors (Lipinski definition) is 3. The second-order valence-electron chi connectivity index (χ2n) is 5.42. The SMILES string of the molecule is CO[C@H](CNC(=O)NCC1(O)CCC1)c1cccc(Cl)c1. The van der Waals surface area contributed by atoms with Gasteiger partial charge in [-0.3, -0.25) is 0 Å². The summed E-state index contributed by atoms with van der Waals surface area (Å²) < 4.78 is 5.37. The predicted molar refractivity (Wildman–Crippen MR) is 81.4 cm³/mol. The third-order valence-corrected chi connectivity index (χ3v) is 4.05. The Kier molecular flexibility index (Phi) is 5.45. The Balaban J connectivity index is 1.78. The maximum absolute atomic E-state index is 11.7. The lowest BCUT2D eigenvalue weighted by Crippen LogP contribution is -2.50. The number of hydrogen-bond donors (Lipinski definition) is 3. The molecule has 1 aliphatic carbocycles. The van der Waals surface area contributed by atoms with E-state index in [4.69, 9.17) is 16.3 Å². The van der Waals surface area contributed by atoms with E-state index in [0.29, 0.717) is 11.6 Å². The van der Waals surface area contributed by atoms with Gasteiger partial charge in [-0.1, -0.05) is 23.7 Å². The van der Waals surface area contributed by atoms with Crippen LogP contribution in [0, 0.1) is 0 Å². The summed E-state index contributed by atoms with van der Waals surface area (Å²) in [6.07, 6.45) is 2.24. The van der Waals surface area contributed by atoms with Gasteiger partial charge in [0.2, 0.25) is 0 Å². The van der Waals surface area contributed by atoms with Crippen molar-refractivity contribution in [3.63, 3.8) is 0 Å². The number of carbonyl (C=O) groups excluding carboxylic acids is 1. The van der Waals surface area contributed by atoms with E-state index in [1.54, 1.807) is 13.2 Å². The molecular formula is C15H21ClN2O3. The van der Waals surface area contributed by atoms with Crippen molar-refractivity contribution < 1.29 is 14.6 Å². The first-order valence-electron chi connectivity index (χ1n) is 7.05. The van der Waals surface area contributed by atoms with Gasteiger partial charge < -0.3 is 20.5 Å². The van der Waals surface area contributed by atoms with E-state index in [9.17, 15) is 9.90 Å². The number of aliphatic hydroxyl groups is 1. The first kappa shape index (κ1) is 16.1. The van der Waals surface area contributed by atoms with Gasteiger partial charge >= 0.3 is 6.03 Å². The predicted octanol–water partition coefficient (Wildman–Crippen LogP) is 2.24. The smallest absolute Gasteiger partial charge is 0.314 e. The average Bonchev–Trinajstić information content (AvgIpc) is 2.44. The van der Waals surface area contributed by atoms with Gasteiger partial charge in [-0.2, -0.15) is 0 Å². The zero-order chi connectivity index (χ0) is 15.3. The maximum atomic E-state index is 11.7. The van der Waals surface area contributed by atoms with E-state index in [2.05, 4.69) is 10.6 Å². The molecule has 0 aliphatic heterocycles. The minimum atomic E-state index is -0.717. The molecule has 6 heteroatoms. The van der Waals surface area contributed by atoms with Gasteiger partial charge in [-0.25, -0.2) is 4.79 Å². The van der Waals surface area contributed by atoms with E-state index in [0.717, 1.165) is 24.8 Å². The Morgan fingerprint density at radius 2 is 2.24 bits per heavy atom. The zero-order valence-corrected chi connectivity index (χ0v) is 12.8. The Hall–Kier alpha value is -1.30. The highest BCUT2D eigenvalue weighted by Crippen LogP contribution is 2.30. The molecule has 1 aromatic rings. The van der Waals surface area contributed by atoms with Crippen molar-refractivity contribution in [2.45, 2.75) is 31.0 Å². The van der Waals surface area contributed by atoms with Gasteiger partial charge in [0, 0.05) is 25.2 Å². The summed E-state index contributed by atoms with van der Waals surface area (Å²) in [5.74, 6) is 0. The molecule has 1 saturated carbocycles. The van der Waals surface area contributed by atoms with E-state index in [1.165, 1.54) is 0 Å². The Morgan fingerprint density at radius 3 is 2.81 bits per heavy atom. The molecule has 3 N–H and O–H groups in total. The topological polar surface area (TPSA) is 70.6 Å². The second-order valence-corrected chi connectivity index (χ2v) is 5.86. The normalized spacial score (nSPS) is 17.7. The molecular weight excluding hydrogens is 292 g/mol. The van der Waals surface area contributed by atoms with Gasteiger partial charge in [0.15, 0.2) is 0 Å². The monoisotopic (exact) mass is 312 g/mol. The summed E-state index contributed by atoms with van der Waals surface area (Å²) in [6.45, 7) is 0.620. The van der Waals surface area contributed by atoms with Crippen LogP contribution in [0.15, 0.2) is 24.3 Å². The molecule has 1 aromatic carbocycles. The Labute approximate surface area is 129 Å². The number of ether oxygens (including phenoxy) is 1. The number of amides is 2. The van der Waals surface area contributed by atoms with Crippen LogP contribution in [0.1, 0.15) is 30.9 Å². The number of benzene rings is 1. The van der Waals surface area contributed by atoms with Gasteiger partial charge in [0.1, 0.15) is 0 Å². The third kappa shape index (κ3) is 4.59. The van der Waals surface area contributed by atoms with Crippen LogP contribution in [0.4, 0.5) is 4.79 Å². The van der Waals surface area contributed by atoms with Gasteiger partial charge in [0.25, 0.3) is 0 Å². The van der Waals surface area contributed by atoms with Crippen LogP contribution in [-0.4, -0.2) is 36.9 Å². The fourth-order valence-corrected chi connectivity index (χ4v) is 2.50. The van der Waals surface area contributed by atoms with Gasteiger partial charge in [0.05, 0.1) is 11.7 Å². The quantitative estimate of drug-likeness (QED) is 0.754. The number of methoxy groups -OCH3 is 1. The lowest BCUT2D eigenvalue weighted by atomic mass is 9.80. The van der Waals surface area contributed by atoms with Crippen molar-refractivity contribution in [3.05, 3.63) is 34.9 Å². The molecule has 0 aromatic heterocycles.